The van der Waals surface area contributed by atoms with Crippen LogP contribution in [0.2, 0.25) is 0 Å². The Balaban J connectivity index is 2.05. The van der Waals surface area contributed by atoms with E-state index in [2.05, 4.69) is 18.7 Å². The van der Waals surface area contributed by atoms with E-state index in [0.717, 1.165) is 12.5 Å². The van der Waals surface area contributed by atoms with Crippen LogP contribution in [0.3, 0.4) is 0 Å². The highest BCUT2D eigenvalue weighted by molar-refractivity contribution is 4.92. The highest BCUT2D eigenvalue weighted by atomic mass is 16.3. The maximum atomic E-state index is 10.4. The van der Waals surface area contributed by atoms with Crippen LogP contribution in [0.15, 0.2) is 0 Å². The third-order valence-electron chi connectivity index (χ3n) is 4.90. The molecule has 1 saturated carbocycles. The molecule has 2 rings (SSSR count). The number of rotatable bonds is 2. The molecule has 1 N–H and O–H groups in total. The van der Waals surface area contributed by atoms with Gasteiger partial charge in [0.05, 0.1) is 6.10 Å². The molecule has 2 aliphatic rings. The lowest BCUT2D eigenvalue weighted by molar-refractivity contribution is 0.00720. The minimum atomic E-state index is -0.0788. The van der Waals surface area contributed by atoms with Crippen molar-refractivity contribution in [1.29, 1.82) is 0 Å². The number of hydrogen-bond acceptors (Lipinski definition) is 2. The summed E-state index contributed by atoms with van der Waals surface area (Å²) in [5.74, 6) is 0. The number of aliphatic hydroxyl groups is 1. The van der Waals surface area contributed by atoms with E-state index in [4.69, 9.17) is 0 Å². The Labute approximate surface area is 106 Å². The van der Waals surface area contributed by atoms with Crippen LogP contribution in [0.25, 0.3) is 0 Å². The Morgan fingerprint density at radius 1 is 1.00 bits per heavy atom. The molecule has 1 heterocycles. The molecule has 0 aromatic rings. The number of nitrogens with zero attached hydrogens (tertiary/aromatic N) is 1. The van der Waals surface area contributed by atoms with Crippen LogP contribution in [0, 0.1) is 0 Å². The van der Waals surface area contributed by atoms with Gasteiger partial charge in [-0.25, -0.2) is 0 Å². The average molecular weight is 239 g/mol. The molecule has 0 aromatic heterocycles. The van der Waals surface area contributed by atoms with Crippen molar-refractivity contribution >= 4 is 0 Å². The molecule has 2 nitrogen and oxygen atoms in total. The Kier molecular flexibility index (Phi) is 4.87. The van der Waals surface area contributed by atoms with Crippen molar-refractivity contribution < 1.29 is 5.11 Å². The van der Waals surface area contributed by atoms with E-state index in [1.165, 1.54) is 51.4 Å². The summed E-state index contributed by atoms with van der Waals surface area (Å²) in [5.41, 5.74) is 0. The first-order chi connectivity index (χ1) is 8.24. The minimum absolute atomic E-state index is 0.0788. The van der Waals surface area contributed by atoms with Crippen molar-refractivity contribution in [3.63, 3.8) is 0 Å². The summed E-state index contributed by atoms with van der Waals surface area (Å²) in [4.78, 5) is 2.66. The molecule has 0 aromatic carbocycles. The summed E-state index contributed by atoms with van der Waals surface area (Å²) >= 11 is 0. The minimum Gasteiger partial charge on any atom is -0.391 e. The van der Waals surface area contributed by atoms with Gasteiger partial charge in [-0.2, -0.15) is 0 Å². The van der Waals surface area contributed by atoms with Gasteiger partial charge in [0.25, 0.3) is 0 Å². The van der Waals surface area contributed by atoms with Gasteiger partial charge in [0.2, 0.25) is 0 Å². The first kappa shape index (κ1) is 13.4. The number of likely N-dealkylation sites (tertiary alicyclic amines) is 1. The fourth-order valence-corrected chi connectivity index (χ4v) is 3.90. The summed E-state index contributed by atoms with van der Waals surface area (Å²) < 4.78 is 0. The van der Waals surface area contributed by atoms with Gasteiger partial charge in [0.1, 0.15) is 0 Å². The smallest absolute Gasteiger partial charge is 0.0695 e. The van der Waals surface area contributed by atoms with Crippen LogP contribution in [-0.4, -0.2) is 34.2 Å². The van der Waals surface area contributed by atoms with Gasteiger partial charge in [0, 0.05) is 18.1 Å². The van der Waals surface area contributed by atoms with Gasteiger partial charge < -0.3 is 5.11 Å². The molecule has 4 unspecified atom stereocenters. The van der Waals surface area contributed by atoms with Gasteiger partial charge in [-0.1, -0.05) is 32.6 Å². The largest absolute Gasteiger partial charge is 0.391 e. The van der Waals surface area contributed by atoms with E-state index in [-0.39, 0.29) is 6.10 Å². The molecule has 2 fully saturated rings. The van der Waals surface area contributed by atoms with Crippen LogP contribution in [0.4, 0.5) is 0 Å². The maximum absolute atomic E-state index is 10.4. The van der Waals surface area contributed by atoms with Crippen molar-refractivity contribution in [3.05, 3.63) is 0 Å². The lowest BCUT2D eigenvalue weighted by Crippen LogP contribution is -2.49. The van der Waals surface area contributed by atoms with Crippen molar-refractivity contribution in [1.82, 2.24) is 4.90 Å². The predicted octanol–water partition coefficient (Wildman–Crippen LogP) is 3.33. The van der Waals surface area contributed by atoms with E-state index in [9.17, 15) is 5.11 Å². The Morgan fingerprint density at radius 2 is 1.71 bits per heavy atom. The summed E-state index contributed by atoms with van der Waals surface area (Å²) in [5, 5.41) is 10.4. The molecule has 1 aliphatic heterocycles. The van der Waals surface area contributed by atoms with Crippen LogP contribution in [-0.2, 0) is 0 Å². The van der Waals surface area contributed by atoms with Gasteiger partial charge in [-0.3, -0.25) is 4.90 Å². The molecule has 2 heteroatoms. The summed E-state index contributed by atoms with van der Waals surface area (Å²) in [7, 11) is 0. The quantitative estimate of drug-likeness (QED) is 0.799. The summed E-state index contributed by atoms with van der Waals surface area (Å²) in [6.45, 7) is 4.64. The second kappa shape index (κ2) is 6.19. The topological polar surface area (TPSA) is 23.5 Å². The fourth-order valence-electron chi connectivity index (χ4n) is 3.90. The summed E-state index contributed by atoms with van der Waals surface area (Å²) in [6.07, 6.45) is 11.3. The van der Waals surface area contributed by atoms with Gasteiger partial charge in [-0.05, 0) is 39.0 Å². The van der Waals surface area contributed by atoms with E-state index in [1.807, 2.05) is 0 Å². The Hall–Kier alpha value is -0.0800. The first-order valence-corrected chi connectivity index (χ1v) is 7.69. The molecule has 0 bridgehead atoms. The Morgan fingerprint density at radius 3 is 2.41 bits per heavy atom. The third-order valence-corrected chi connectivity index (χ3v) is 4.90. The average Bonchev–Trinajstić information content (AvgIpc) is 2.66. The monoisotopic (exact) mass is 239 g/mol. The van der Waals surface area contributed by atoms with Gasteiger partial charge in [0.15, 0.2) is 0 Å². The second-order valence-electron chi connectivity index (χ2n) is 6.06. The first-order valence-electron chi connectivity index (χ1n) is 7.69. The van der Waals surface area contributed by atoms with Crippen LogP contribution in [0.5, 0.6) is 0 Å². The Bertz CT molecular complexity index is 231. The standard InChI is InChI=1S/C15H29NO/c1-3-13-11-10-12(2)16(13)14-8-6-4-5-7-9-15(14)17/h12-15,17H,3-11H2,1-2H3. The van der Waals surface area contributed by atoms with Crippen LogP contribution in [0.1, 0.15) is 71.6 Å². The summed E-state index contributed by atoms with van der Waals surface area (Å²) in [6, 6.07) is 1.85. The van der Waals surface area contributed by atoms with Crippen molar-refractivity contribution in [2.45, 2.75) is 95.9 Å². The molecular weight excluding hydrogens is 210 g/mol. The maximum Gasteiger partial charge on any atom is 0.0695 e. The number of hydrogen-bond donors (Lipinski definition) is 1. The normalized spacial score (nSPS) is 41.1. The van der Waals surface area contributed by atoms with E-state index in [0.29, 0.717) is 12.1 Å². The molecule has 4 atom stereocenters. The molecule has 17 heavy (non-hydrogen) atoms. The van der Waals surface area contributed by atoms with Gasteiger partial charge in [-0.15, -0.1) is 0 Å². The van der Waals surface area contributed by atoms with Crippen molar-refractivity contribution in [2.75, 3.05) is 0 Å². The van der Waals surface area contributed by atoms with Crippen molar-refractivity contribution in [2.24, 2.45) is 0 Å². The van der Waals surface area contributed by atoms with Crippen LogP contribution >= 0.6 is 0 Å². The zero-order valence-corrected chi connectivity index (χ0v) is 11.6. The van der Waals surface area contributed by atoms with E-state index >= 15 is 0 Å². The number of aliphatic hydroxyl groups excluding tert-OH is 1. The van der Waals surface area contributed by atoms with Crippen LogP contribution < -0.4 is 0 Å². The van der Waals surface area contributed by atoms with E-state index < -0.39 is 0 Å². The highest BCUT2D eigenvalue weighted by Gasteiger charge is 2.37. The predicted molar refractivity (Wildman–Crippen MR) is 72.1 cm³/mol. The molecular formula is C15H29NO. The molecule has 100 valence electrons. The zero-order valence-electron chi connectivity index (χ0n) is 11.6. The van der Waals surface area contributed by atoms with E-state index in [1.54, 1.807) is 0 Å². The molecule has 0 radical (unpaired) electrons. The fraction of sp³-hybridized carbons (Fsp3) is 1.00. The third kappa shape index (κ3) is 3.03. The SMILES string of the molecule is CCC1CCC(C)N1C1CCCCCCC1O. The zero-order chi connectivity index (χ0) is 12.3. The molecule has 1 saturated heterocycles. The molecule has 0 amide bonds. The molecule has 1 aliphatic carbocycles. The highest BCUT2D eigenvalue weighted by Crippen LogP contribution is 2.33. The van der Waals surface area contributed by atoms with Gasteiger partial charge >= 0.3 is 0 Å². The molecule has 0 spiro atoms. The lowest BCUT2D eigenvalue weighted by Gasteiger charge is -2.39. The second-order valence-corrected chi connectivity index (χ2v) is 6.06. The van der Waals surface area contributed by atoms with Crippen molar-refractivity contribution in [3.8, 4) is 0 Å². The lowest BCUT2D eigenvalue weighted by atomic mass is 9.92.